The van der Waals surface area contributed by atoms with E-state index in [1.165, 1.54) is 27.7 Å². The number of rotatable bonds is 5. The zero-order valence-electron chi connectivity index (χ0n) is 10.8. The Morgan fingerprint density at radius 1 is 1.11 bits per heavy atom. The first kappa shape index (κ1) is 16.7. The molecule has 0 aliphatic rings. The molecule has 0 atom stereocenters. The Labute approximate surface area is 104 Å². The van der Waals surface area contributed by atoms with Gasteiger partial charge < -0.3 is 10.4 Å². The predicted octanol–water partition coefficient (Wildman–Crippen LogP) is 2.33. The van der Waals surface area contributed by atoms with Crippen molar-refractivity contribution in [1.29, 1.82) is 0 Å². The topological polar surface area (TPSA) is 66.4 Å². The summed E-state index contributed by atoms with van der Waals surface area (Å²) in [6.07, 6.45) is -6.32. The quantitative estimate of drug-likeness (QED) is 0.805. The summed E-state index contributed by atoms with van der Waals surface area (Å²) in [5.41, 5.74) is -2.44. The molecule has 0 spiro atoms. The van der Waals surface area contributed by atoms with Crippen LogP contribution in [0.25, 0.3) is 0 Å². The molecule has 0 radical (unpaired) electrons. The van der Waals surface area contributed by atoms with Gasteiger partial charge in [-0.15, -0.1) is 0 Å². The van der Waals surface area contributed by atoms with Gasteiger partial charge in [-0.1, -0.05) is 0 Å². The minimum Gasteiger partial charge on any atom is -0.481 e. The molecule has 0 aromatic rings. The summed E-state index contributed by atoms with van der Waals surface area (Å²) < 4.78 is 35.8. The van der Waals surface area contributed by atoms with Gasteiger partial charge in [0.2, 0.25) is 5.91 Å². The van der Waals surface area contributed by atoms with Gasteiger partial charge in [-0.25, -0.2) is 0 Å². The van der Waals surface area contributed by atoms with E-state index in [0.717, 1.165) is 0 Å². The van der Waals surface area contributed by atoms with E-state index in [4.69, 9.17) is 5.11 Å². The van der Waals surface area contributed by atoms with Crippen LogP contribution < -0.4 is 5.32 Å². The number of halogens is 3. The minimum absolute atomic E-state index is 0.706. The zero-order chi connectivity index (χ0) is 14.8. The standard InChI is InChI=1S/C11H18F3NO3/c1-9(2,8(17)18)10(3,4)15-7(16)5-6-11(12,13)14/h5-6H2,1-4H3,(H,15,16)(H,17,18). The van der Waals surface area contributed by atoms with Crippen molar-refractivity contribution >= 4 is 11.9 Å². The van der Waals surface area contributed by atoms with Gasteiger partial charge >= 0.3 is 12.1 Å². The van der Waals surface area contributed by atoms with Gasteiger partial charge in [0.25, 0.3) is 0 Å². The summed E-state index contributed by atoms with van der Waals surface area (Å²) in [4.78, 5) is 22.4. The molecule has 0 bridgehead atoms. The van der Waals surface area contributed by atoms with Gasteiger partial charge in [0.15, 0.2) is 0 Å². The molecule has 106 valence electrons. The maximum Gasteiger partial charge on any atom is 0.389 e. The van der Waals surface area contributed by atoms with Crippen LogP contribution in [-0.4, -0.2) is 28.7 Å². The van der Waals surface area contributed by atoms with Crippen LogP contribution in [0.4, 0.5) is 13.2 Å². The van der Waals surface area contributed by atoms with E-state index in [0.29, 0.717) is 0 Å². The summed E-state index contributed by atoms with van der Waals surface area (Å²) >= 11 is 0. The number of aliphatic carboxylic acids is 1. The van der Waals surface area contributed by atoms with Gasteiger partial charge in [-0.2, -0.15) is 13.2 Å². The third kappa shape index (κ3) is 4.54. The highest BCUT2D eigenvalue weighted by Gasteiger charge is 2.44. The summed E-state index contributed by atoms with van der Waals surface area (Å²) in [5.74, 6) is -1.95. The molecule has 0 aliphatic carbocycles. The molecule has 0 unspecified atom stereocenters. The molecule has 0 fully saturated rings. The zero-order valence-corrected chi connectivity index (χ0v) is 10.8. The largest absolute Gasteiger partial charge is 0.481 e. The number of carbonyl (C=O) groups excluding carboxylic acids is 1. The lowest BCUT2D eigenvalue weighted by molar-refractivity contribution is -0.153. The van der Waals surface area contributed by atoms with Gasteiger partial charge in [0.05, 0.1) is 11.8 Å². The van der Waals surface area contributed by atoms with Crippen molar-refractivity contribution in [1.82, 2.24) is 5.32 Å². The van der Waals surface area contributed by atoms with E-state index < -0.39 is 41.8 Å². The Balaban J connectivity index is 4.60. The van der Waals surface area contributed by atoms with E-state index in [2.05, 4.69) is 5.32 Å². The average Bonchev–Trinajstić information content (AvgIpc) is 2.12. The number of hydrogen-bond donors (Lipinski definition) is 2. The molecule has 7 heteroatoms. The normalized spacial score (nSPS) is 13.3. The molecule has 18 heavy (non-hydrogen) atoms. The first-order chi connectivity index (χ1) is 7.79. The Morgan fingerprint density at radius 2 is 1.56 bits per heavy atom. The molecule has 1 amide bonds. The van der Waals surface area contributed by atoms with Crippen molar-refractivity contribution in [3.05, 3.63) is 0 Å². The third-order valence-electron chi connectivity index (χ3n) is 3.18. The first-order valence-corrected chi connectivity index (χ1v) is 5.41. The Morgan fingerprint density at radius 3 is 1.89 bits per heavy atom. The summed E-state index contributed by atoms with van der Waals surface area (Å²) in [6.45, 7) is 5.73. The van der Waals surface area contributed by atoms with Crippen LogP contribution in [0.2, 0.25) is 0 Å². The van der Waals surface area contributed by atoms with Gasteiger partial charge in [0, 0.05) is 12.0 Å². The average molecular weight is 269 g/mol. The predicted molar refractivity (Wildman–Crippen MR) is 58.9 cm³/mol. The maximum atomic E-state index is 11.9. The van der Waals surface area contributed by atoms with E-state index >= 15 is 0 Å². The third-order valence-corrected chi connectivity index (χ3v) is 3.18. The Hall–Kier alpha value is -1.27. The lowest BCUT2D eigenvalue weighted by Crippen LogP contribution is -2.57. The SMILES string of the molecule is CC(C)(NC(=O)CCC(F)(F)F)C(C)(C)C(=O)O. The minimum atomic E-state index is -4.40. The summed E-state index contributed by atoms with van der Waals surface area (Å²) in [6, 6.07) is 0. The maximum absolute atomic E-state index is 11.9. The number of nitrogens with one attached hydrogen (secondary N) is 1. The van der Waals surface area contributed by atoms with Gasteiger partial charge in [-0.3, -0.25) is 9.59 Å². The molecule has 0 aliphatic heterocycles. The lowest BCUT2D eigenvalue weighted by Gasteiger charge is -2.38. The molecule has 0 rings (SSSR count). The fourth-order valence-electron chi connectivity index (χ4n) is 1.09. The van der Waals surface area contributed by atoms with Crippen LogP contribution in [0, 0.1) is 5.41 Å². The van der Waals surface area contributed by atoms with Crippen LogP contribution in [0.3, 0.4) is 0 Å². The highest BCUT2D eigenvalue weighted by molar-refractivity contribution is 5.80. The van der Waals surface area contributed by atoms with Crippen molar-refractivity contribution in [3.63, 3.8) is 0 Å². The summed E-state index contributed by atoms with van der Waals surface area (Å²) in [7, 11) is 0. The van der Waals surface area contributed by atoms with Crippen LogP contribution in [0.5, 0.6) is 0 Å². The summed E-state index contributed by atoms with van der Waals surface area (Å²) in [5, 5.41) is 11.3. The van der Waals surface area contributed by atoms with Gasteiger partial charge in [0.1, 0.15) is 0 Å². The Bertz CT molecular complexity index is 335. The van der Waals surface area contributed by atoms with E-state index in [1.54, 1.807) is 0 Å². The number of hydrogen-bond acceptors (Lipinski definition) is 2. The van der Waals surface area contributed by atoms with Crippen molar-refractivity contribution in [3.8, 4) is 0 Å². The second-order valence-corrected chi connectivity index (χ2v) is 5.22. The molecule has 0 saturated heterocycles. The molecule has 0 aromatic carbocycles. The molecular weight excluding hydrogens is 251 g/mol. The fraction of sp³-hybridized carbons (Fsp3) is 0.818. The van der Waals surface area contributed by atoms with Gasteiger partial charge in [-0.05, 0) is 27.7 Å². The second kappa shape index (κ2) is 5.16. The molecule has 0 aromatic heterocycles. The number of alkyl halides is 3. The highest BCUT2D eigenvalue weighted by atomic mass is 19.4. The molecule has 0 saturated carbocycles. The van der Waals surface area contributed by atoms with Crippen molar-refractivity contribution in [2.45, 2.75) is 52.3 Å². The van der Waals surface area contributed by atoms with E-state index in [9.17, 15) is 22.8 Å². The van der Waals surface area contributed by atoms with Crippen LogP contribution in [0.1, 0.15) is 40.5 Å². The number of carbonyl (C=O) groups is 2. The number of carboxylic acids is 1. The van der Waals surface area contributed by atoms with Crippen molar-refractivity contribution in [2.75, 3.05) is 0 Å². The Kier molecular flexibility index (Phi) is 4.79. The number of carboxylic acid groups (broad SMARTS) is 1. The molecule has 2 N–H and O–H groups in total. The highest BCUT2D eigenvalue weighted by Crippen LogP contribution is 2.31. The molecule has 4 nitrogen and oxygen atoms in total. The van der Waals surface area contributed by atoms with Crippen LogP contribution in [0.15, 0.2) is 0 Å². The monoisotopic (exact) mass is 269 g/mol. The number of amides is 1. The van der Waals surface area contributed by atoms with Crippen molar-refractivity contribution in [2.24, 2.45) is 5.41 Å². The molecular formula is C11H18F3NO3. The second-order valence-electron chi connectivity index (χ2n) is 5.22. The molecule has 0 heterocycles. The smallest absolute Gasteiger partial charge is 0.389 e. The first-order valence-electron chi connectivity index (χ1n) is 5.41. The van der Waals surface area contributed by atoms with Crippen molar-refractivity contribution < 1.29 is 27.9 Å². The lowest BCUT2D eigenvalue weighted by atomic mass is 9.74. The van der Waals surface area contributed by atoms with E-state index in [1.807, 2.05) is 0 Å². The van der Waals surface area contributed by atoms with Crippen LogP contribution in [-0.2, 0) is 9.59 Å². The van der Waals surface area contributed by atoms with E-state index in [-0.39, 0.29) is 0 Å². The van der Waals surface area contributed by atoms with Crippen LogP contribution >= 0.6 is 0 Å². The fourth-order valence-corrected chi connectivity index (χ4v) is 1.09.